The van der Waals surface area contributed by atoms with Crippen molar-refractivity contribution in [2.45, 2.75) is 19.8 Å². The zero-order chi connectivity index (χ0) is 19.8. The summed E-state index contributed by atoms with van der Waals surface area (Å²) in [6.45, 7) is 3.46. The van der Waals surface area contributed by atoms with Crippen LogP contribution in [0.3, 0.4) is 0 Å². The molecule has 2 aromatic heterocycles. The van der Waals surface area contributed by atoms with Crippen molar-refractivity contribution < 1.29 is 9.72 Å². The Kier molecular flexibility index (Phi) is 4.42. The zero-order valence-corrected chi connectivity index (χ0v) is 15.7. The number of anilines is 2. The molecule has 0 bridgehead atoms. The molecule has 0 atom stereocenters. The lowest BCUT2D eigenvalue weighted by Gasteiger charge is -2.17. The van der Waals surface area contributed by atoms with E-state index in [-0.39, 0.29) is 11.3 Å². The highest BCUT2D eigenvalue weighted by molar-refractivity contribution is 6.05. The summed E-state index contributed by atoms with van der Waals surface area (Å²) in [5, 5.41) is 19.4. The topological polar surface area (TPSA) is 106 Å². The minimum Gasteiger partial charge on any atom is -0.366 e. The van der Waals surface area contributed by atoms with Crippen LogP contribution in [0.2, 0.25) is 0 Å². The number of hydrogen-bond acceptors (Lipinski definition) is 6. The van der Waals surface area contributed by atoms with Gasteiger partial charge >= 0.3 is 0 Å². The molecule has 0 unspecified atom stereocenters. The van der Waals surface area contributed by atoms with Crippen molar-refractivity contribution in [3.05, 3.63) is 51.8 Å². The first kappa shape index (κ1) is 17.9. The molecule has 1 fully saturated rings. The number of carbonyl (C=O) groups excluding carboxylic acids is 1. The lowest BCUT2D eigenvalue weighted by Crippen LogP contribution is -2.19. The molecule has 1 amide bonds. The number of nitro benzene ring substituents is 1. The average Bonchev–Trinajstić information content (AvgIpc) is 3.30. The molecular weight excluding hydrogens is 360 g/mol. The summed E-state index contributed by atoms with van der Waals surface area (Å²) in [5.41, 5.74) is 2.80. The molecule has 0 saturated carbocycles. The van der Waals surface area contributed by atoms with E-state index in [2.05, 4.69) is 15.4 Å². The molecule has 1 aliphatic heterocycles. The molecule has 3 aromatic rings. The van der Waals surface area contributed by atoms with Gasteiger partial charge in [0.15, 0.2) is 5.65 Å². The largest absolute Gasteiger partial charge is 0.366 e. The Morgan fingerprint density at radius 3 is 2.71 bits per heavy atom. The van der Waals surface area contributed by atoms with Crippen LogP contribution in [-0.4, -0.2) is 38.7 Å². The van der Waals surface area contributed by atoms with Crippen LogP contribution in [0.15, 0.2) is 30.5 Å². The number of aryl methyl sites for hydroxylation is 2. The lowest BCUT2D eigenvalue weighted by atomic mass is 10.1. The second-order valence-electron chi connectivity index (χ2n) is 6.91. The van der Waals surface area contributed by atoms with Crippen LogP contribution in [0.5, 0.6) is 0 Å². The van der Waals surface area contributed by atoms with Gasteiger partial charge in [-0.25, -0.2) is 4.98 Å². The Morgan fingerprint density at radius 2 is 2.00 bits per heavy atom. The number of hydrogen-bond donors (Lipinski definition) is 1. The summed E-state index contributed by atoms with van der Waals surface area (Å²) >= 11 is 0. The quantitative estimate of drug-likeness (QED) is 0.551. The van der Waals surface area contributed by atoms with Gasteiger partial charge in [0, 0.05) is 37.2 Å². The number of rotatable bonds is 4. The van der Waals surface area contributed by atoms with Crippen LogP contribution in [0, 0.1) is 17.0 Å². The number of nitro groups is 1. The molecule has 9 nitrogen and oxygen atoms in total. The van der Waals surface area contributed by atoms with Crippen molar-refractivity contribution in [1.82, 2.24) is 14.8 Å². The normalized spacial score (nSPS) is 13.9. The van der Waals surface area contributed by atoms with Crippen LogP contribution in [0.4, 0.5) is 17.1 Å². The summed E-state index contributed by atoms with van der Waals surface area (Å²) in [5.74, 6) is -0.418. The summed E-state index contributed by atoms with van der Waals surface area (Å²) in [4.78, 5) is 30.1. The van der Waals surface area contributed by atoms with Gasteiger partial charge in [0.25, 0.3) is 11.6 Å². The minimum absolute atomic E-state index is 0.0498. The van der Waals surface area contributed by atoms with E-state index in [0.717, 1.165) is 42.7 Å². The Hall–Kier alpha value is -3.49. The number of aromatic nitrogens is 3. The second-order valence-corrected chi connectivity index (χ2v) is 6.91. The summed E-state index contributed by atoms with van der Waals surface area (Å²) in [7, 11) is 1.81. The smallest absolute Gasteiger partial charge is 0.293 e. The standard InChI is InChI=1S/C19H20N6O3/c1-12-15-10-14(11-20-18(15)23(2)22-12)21-19(26)13-5-6-16(17(9-13)25(27)28)24-7-3-4-8-24/h5-6,9-11H,3-4,7-8H2,1-2H3,(H,21,26). The highest BCUT2D eigenvalue weighted by Gasteiger charge is 2.24. The van der Waals surface area contributed by atoms with E-state index in [9.17, 15) is 14.9 Å². The molecule has 9 heteroatoms. The van der Waals surface area contributed by atoms with E-state index in [1.54, 1.807) is 29.1 Å². The first-order valence-corrected chi connectivity index (χ1v) is 9.08. The minimum atomic E-state index is -0.433. The van der Waals surface area contributed by atoms with Crippen molar-refractivity contribution in [3.8, 4) is 0 Å². The van der Waals surface area contributed by atoms with Crippen LogP contribution < -0.4 is 10.2 Å². The maximum absolute atomic E-state index is 12.7. The van der Waals surface area contributed by atoms with E-state index in [1.807, 2.05) is 18.9 Å². The third-order valence-corrected chi connectivity index (χ3v) is 5.00. The van der Waals surface area contributed by atoms with Gasteiger partial charge in [0.1, 0.15) is 5.69 Å². The van der Waals surface area contributed by atoms with Crippen LogP contribution in [-0.2, 0) is 7.05 Å². The first-order valence-electron chi connectivity index (χ1n) is 9.08. The molecular formula is C19H20N6O3. The van der Waals surface area contributed by atoms with Crippen molar-refractivity contribution in [1.29, 1.82) is 0 Å². The average molecular weight is 380 g/mol. The van der Waals surface area contributed by atoms with E-state index < -0.39 is 10.8 Å². The lowest BCUT2D eigenvalue weighted by molar-refractivity contribution is -0.384. The van der Waals surface area contributed by atoms with Crippen LogP contribution in [0.1, 0.15) is 28.9 Å². The molecule has 1 aromatic carbocycles. The summed E-state index contributed by atoms with van der Waals surface area (Å²) < 4.78 is 1.68. The predicted octanol–water partition coefficient (Wildman–Crippen LogP) is 3.04. The highest BCUT2D eigenvalue weighted by Crippen LogP contribution is 2.32. The van der Waals surface area contributed by atoms with Crippen LogP contribution in [0.25, 0.3) is 11.0 Å². The number of carbonyl (C=O) groups is 1. The fourth-order valence-corrected chi connectivity index (χ4v) is 3.62. The third kappa shape index (κ3) is 3.15. The van der Waals surface area contributed by atoms with Gasteiger partial charge in [-0.05, 0) is 38.0 Å². The van der Waals surface area contributed by atoms with Crippen molar-refractivity contribution in [2.75, 3.05) is 23.3 Å². The van der Waals surface area contributed by atoms with Gasteiger partial charge in [-0.3, -0.25) is 19.6 Å². The number of nitrogens with zero attached hydrogens (tertiary/aromatic N) is 5. The van der Waals surface area contributed by atoms with E-state index in [1.165, 1.54) is 6.07 Å². The maximum Gasteiger partial charge on any atom is 0.293 e. The molecule has 3 heterocycles. The van der Waals surface area contributed by atoms with Gasteiger partial charge in [-0.2, -0.15) is 5.10 Å². The Balaban J connectivity index is 1.62. The van der Waals surface area contributed by atoms with Gasteiger partial charge in [-0.15, -0.1) is 0 Å². The molecule has 28 heavy (non-hydrogen) atoms. The fourth-order valence-electron chi connectivity index (χ4n) is 3.62. The summed E-state index contributed by atoms with van der Waals surface area (Å²) in [6.07, 6.45) is 3.58. The molecule has 1 saturated heterocycles. The number of amides is 1. The van der Waals surface area contributed by atoms with E-state index >= 15 is 0 Å². The molecule has 0 radical (unpaired) electrons. The van der Waals surface area contributed by atoms with Gasteiger partial charge in [0.05, 0.1) is 22.5 Å². The number of benzene rings is 1. The maximum atomic E-state index is 12.7. The van der Waals surface area contributed by atoms with Gasteiger partial charge < -0.3 is 10.2 Å². The SMILES string of the molecule is Cc1nn(C)c2ncc(NC(=O)c3ccc(N4CCCC4)c([N+](=O)[O-])c3)cc12. The third-order valence-electron chi connectivity index (χ3n) is 5.00. The molecule has 144 valence electrons. The zero-order valence-electron chi connectivity index (χ0n) is 15.7. The molecule has 0 aliphatic carbocycles. The fraction of sp³-hybridized carbons (Fsp3) is 0.316. The van der Waals surface area contributed by atoms with Crippen LogP contribution >= 0.6 is 0 Å². The van der Waals surface area contributed by atoms with E-state index in [4.69, 9.17) is 0 Å². The Bertz CT molecular complexity index is 1080. The Morgan fingerprint density at radius 1 is 1.25 bits per heavy atom. The molecule has 1 aliphatic rings. The Labute approximate surface area is 161 Å². The van der Waals surface area contributed by atoms with E-state index in [0.29, 0.717) is 11.4 Å². The highest BCUT2D eigenvalue weighted by atomic mass is 16.6. The van der Waals surface area contributed by atoms with Crippen molar-refractivity contribution >= 4 is 34.0 Å². The molecule has 0 spiro atoms. The summed E-state index contributed by atoms with van der Waals surface area (Å²) in [6, 6.07) is 6.42. The number of nitrogens with one attached hydrogen (secondary N) is 1. The number of pyridine rings is 1. The van der Waals surface area contributed by atoms with Crippen molar-refractivity contribution in [2.24, 2.45) is 7.05 Å². The van der Waals surface area contributed by atoms with Crippen molar-refractivity contribution in [3.63, 3.8) is 0 Å². The van der Waals surface area contributed by atoms with Gasteiger partial charge in [0.2, 0.25) is 0 Å². The monoisotopic (exact) mass is 380 g/mol. The predicted molar refractivity (Wildman–Crippen MR) is 106 cm³/mol. The molecule has 1 N–H and O–H groups in total. The van der Waals surface area contributed by atoms with Gasteiger partial charge in [-0.1, -0.05) is 0 Å². The first-order chi connectivity index (χ1) is 13.4. The molecule has 4 rings (SSSR count). The number of fused-ring (bicyclic) bond motifs is 1. The second kappa shape index (κ2) is 6.91.